The number of nitro groups is 1. The molecule has 3 N–H and O–H groups in total. The van der Waals surface area contributed by atoms with Crippen molar-refractivity contribution in [2.24, 2.45) is 5.73 Å². The molecule has 1 rings (SSSR count). The molecule has 0 aromatic carbocycles. The van der Waals surface area contributed by atoms with Crippen LogP contribution >= 0.6 is 11.6 Å². The Hall–Kier alpha value is -2.26. The Labute approximate surface area is 118 Å². The standard InChI is InChI=1S/C10H11ClN4O5/c11-8-3-6(7(4-14-8)15(18)19)10(17)13-1-2-20-5-9(12)16/h3-4H,1-2,5H2,(H2,12,16)(H,13,17). The highest BCUT2D eigenvalue weighted by Crippen LogP contribution is 2.19. The fraction of sp³-hybridized carbons (Fsp3) is 0.300. The molecule has 0 bridgehead atoms. The van der Waals surface area contributed by atoms with Crippen molar-refractivity contribution in [1.29, 1.82) is 0 Å². The number of primary amides is 1. The number of rotatable bonds is 7. The Morgan fingerprint density at radius 3 is 2.85 bits per heavy atom. The van der Waals surface area contributed by atoms with E-state index >= 15 is 0 Å². The molecule has 0 fully saturated rings. The summed E-state index contributed by atoms with van der Waals surface area (Å²) in [5.74, 6) is -1.32. The molecule has 0 radical (unpaired) electrons. The first-order valence-corrected chi connectivity index (χ1v) is 5.73. The largest absolute Gasteiger partial charge is 0.370 e. The van der Waals surface area contributed by atoms with Crippen molar-refractivity contribution in [2.45, 2.75) is 0 Å². The smallest absolute Gasteiger partial charge is 0.300 e. The van der Waals surface area contributed by atoms with Crippen LogP contribution in [0.3, 0.4) is 0 Å². The van der Waals surface area contributed by atoms with E-state index in [-0.39, 0.29) is 30.5 Å². The minimum Gasteiger partial charge on any atom is -0.370 e. The number of ether oxygens (including phenoxy) is 1. The average molecular weight is 303 g/mol. The summed E-state index contributed by atoms with van der Waals surface area (Å²) in [4.78, 5) is 35.7. The maximum absolute atomic E-state index is 11.8. The van der Waals surface area contributed by atoms with Crippen LogP contribution in [0.15, 0.2) is 12.3 Å². The van der Waals surface area contributed by atoms with Gasteiger partial charge in [0.1, 0.15) is 23.5 Å². The Balaban J connectivity index is 2.61. The van der Waals surface area contributed by atoms with Gasteiger partial charge in [-0.3, -0.25) is 19.7 Å². The van der Waals surface area contributed by atoms with Gasteiger partial charge in [0.15, 0.2) is 0 Å². The molecule has 0 spiro atoms. The molecule has 1 aromatic rings. The van der Waals surface area contributed by atoms with E-state index in [2.05, 4.69) is 10.3 Å². The van der Waals surface area contributed by atoms with E-state index < -0.39 is 22.4 Å². The van der Waals surface area contributed by atoms with Crippen LogP contribution < -0.4 is 11.1 Å². The summed E-state index contributed by atoms with van der Waals surface area (Å²) in [6, 6.07) is 1.10. The average Bonchev–Trinajstić information content (AvgIpc) is 2.37. The van der Waals surface area contributed by atoms with Gasteiger partial charge < -0.3 is 15.8 Å². The second-order valence-electron chi connectivity index (χ2n) is 3.56. The monoisotopic (exact) mass is 302 g/mol. The van der Waals surface area contributed by atoms with E-state index in [4.69, 9.17) is 22.1 Å². The van der Waals surface area contributed by atoms with Gasteiger partial charge in [0.05, 0.1) is 11.5 Å². The van der Waals surface area contributed by atoms with Crippen LogP contribution in [0, 0.1) is 10.1 Å². The highest BCUT2D eigenvalue weighted by atomic mass is 35.5. The summed E-state index contributed by atoms with van der Waals surface area (Å²) in [7, 11) is 0. The van der Waals surface area contributed by atoms with Crippen molar-refractivity contribution in [3.8, 4) is 0 Å². The number of nitrogens with zero attached hydrogens (tertiary/aromatic N) is 2. The second kappa shape index (κ2) is 7.36. The van der Waals surface area contributed by atoms with E-state index in [1.54, 1.807) is 0 Å². The lowest BCUT2D eigenvalue weighted by atomic mass is 10.2. The van der Waals surface area contributed by atoms with Gasteiger partial charge in [-0.2, -0.15) is 0 Å². The fourth-order valence-corrected chi connectivity index (χ4v) is 1.41. The molecule has 0 aliphatic rings. The third kappa shape index (κ3) is 4.78. The van der Waals surface area contributed by atoms with Crippen molar-refractivity contribution < 1.29 is 19.2 Å². The molecule has 10 heteroatoms. The molecular weight excluding hydrogens is 292 g/mol. The summed E-state index contributed by atoms with van der Waals surface area (Å²) in [6.07, 6.45) is 0.904. The summed E-state index contributed by atoms with van der Waals surface area (Å²) in [6.45, 7) is -0.165. The van der Waals surface area contributed by atoms with Gasteiger partial charge in [0.2, 0.25) is 5.91 Å². The van der Waals surface area contributed by atoms with Crippen LogP contribution in [-0.2, 0) is 9.53 Å². The zero-order valence-electron chi connectivity index (χ0n) is 10.2. The van der Waals surface area contributed by atoms with E-state index in [1.165, 1.54) is 0 Å². The number of carbonyl (C=O) groups is 2. The van der Waals surface area contributed by atoms with Crippen LogP contribution in [0.4, 0.5) is 5.69 Å². The molecule has 1 aromatic heterocycles. The normalized spacial score (nSPS) is 10.1. The summed E-state index contributed by atoms with van der Waals surface area (Å²) < 4.78 is 4.82. The molecule has 0 unspecified atom stereocenters. The SMILES string of the molecule is NC(=O)COCCNC(=O)c1cc(Cl)ncc1[N+](=O)[O-]. The Kier molecular flexibility index (Phi) is 5.81. The highest BCUT2D eigenvalue weighted by molar-refractivity contribution is 6.29. The van der Waals surface area contributed by atoms with Crippen LogP contribution in [0.2, 0.25) is 5.15 Å². The molecule has 0 atom stereocenters. The fourth-order valence-electron chi connectivity index (χ4n) is 1.25. The van der Waals surface area contributed by atoms with Crippen molar-refractivity contribution >= 4 is 29.1 Å². The first-order chi connectivity index (χ1) is 9.41. The minimum atomic E-state index is -0.734. The topological polar surface area (TPSA) is 137 Å². The Morgan fingerprint density at radius 1 is 1.55 bits per heavy atom. The molecule has 0 aliphatic carbocycles. The second-order valence-corrected chi connectivity index (χ2v) is 3.94. The lowest BCUT2D eigenvalue weighted by Crippen LogP contribution is -2.29. The minimum absolute atomic E-state index is 0.0364. The maximum Gasteiger partial charge on any atom is 0.300 e. The van der Waals surface area contributed by atoms with Crippen LogP contribution in [0.5, 0.6) is 0 Å². The van der Waals surface area contributed by atoms with Gasteiger partial charge >= 0.3 is 0 Å². The molecule has 0 saturated heterocycles. The van der Waals surface area contributed by atoms with Gasteiger partial charge in [-0.15, -0.1) is 0 Å². The molecule has 2 amide bonds. The van der Waals surface area contributed by atoms with Crippen molar-refractivity contribution in [3.05, 3.63) is 33.1 Å². The van der Waals surface area contributed by atoms with Crippen LogP contribution in [0.25, 0.3) is 0 Å². The van der Waals surface area contributed by atoms with E-state index in [0.717, 1.165) is 12.3 Å². The molecule has 9 nitrogen and oxygen atoms in total. The number of nitrogens with one attached hydrogen (secondary N) is 1. The number of pyridine rings is 1. The van der Waals surface area contributed by atoms with Crippen molar-refractivity contribution in [1.82, 2.24) is 10.3 Å². The molecule has 20 heavy (non-hydrogen) atoms. The number of hydrogen-bond donors (Lipinski definition) is 2. The number of nitrogens with two attached hydrogens (primary N) is 1. The van der Waals surface area contributed by atoms with E-state index in [0.29, 0.717) is 0 Å². The van der Waals surface area contributed by atoms with Crippen LogP contribution in [-0.4, -0.2) is 41.5 Å². The van der Waals surface area contributed by atoms with Gasteiger partial charge in [0, 0.05) is 6.54 Å². The third-order valence-corrected chi connectivity index (χ3v) is 2.27. The Morgan fingerprint density at radius 2 is 2.25 bits per heavy atom. The number of amides is 2. The zero-order chi connectivity index (χ0) is 15.1. The summed E-state index contributed by atoms with van der Waals surface area (Å²) in [5, 5.41) is 13.1. The lowest BCUT2D eigenvalue weighted by Gasteiger charge is -2.06. The van der Waals surface area contributed by atoms with E-state index in [1.807, 2.05) is 0 Å². The zero-order valence-corrected chi connectivity index (χ0v) is 10.9. The summed E-state index contributed by atoms with van der Waals surface area (Å²) >= 11 is 5.59. The van der Waals surface area contributed by atoms with Crippen molar-refractivity contribution in [2.75, 3.05) is 19.8 Å². The quantitative estimate of drug-likeness (QED) is 0.311. The Bertz CT molecular complexity index is 536. The van der Waals surface area contributed by atoms with Gasteiger partial charge in [-0.05, 0) is 6.07 Å². The molecule has 1 heterocycles. The first kappa shape index (κ1) is 15.8. The van der Waals surface area contributed by atoms with Crippen LogP contribution in [0.1, 0.15) is 10.4 Å². The summed E-state index contributed by atoms with van der Waals surface area (Å²) in [5.41, 5.74) is 4.19. The van der Waals surface area contributed by atoms with Gasteiger partial charge in [-0.25, -0.2) is 4.98 Å². The van der Waals surface area contributed by atoms with E-state index in [9.17, 15) is 19.7 Å². The number of aromatic nitrogens is 1. The number of carbonyl (C=O) groups excluding carboxylic acids is 2. The molecule has 0 aliphatic heterocycles. The van der Waals surface area contributed by atoms with Gasteiger partial charge in [-0.1, -0.05) is 11.6 Å². The third-order valence-electron chi connectivity index (χ3n) is 2.07. The molecular formula is C10H11ClN4O5. The molecule has 0 saturated carbocycles. The van der Waals surface area contributed by atoms with Gasteiger partial charge in [0.25, 0.3) is 11.6 Å². The molecule has 108 valence electrons. The number of halogens is 1. The highest BCUT2D eigenvalue weighted by Gasteiger charge is 2.21. The number of hydrogen-bond acceptors (Lipinski definition) is 6. The predicted octanol–water partition coefficient (Wildman–Crippen LogP) is -0.125. The van der Waals surface area contributed by atoms with Crippen molar-refractivity contribution in [3.63, 3.8) is 0 Å². The first-order valence-electron chi connectivity index (χ1n) is 5.36. The predicted molar refractivity (Wildman–Crippen MR) is 68.2 cm³/mol. The lowest BCUT2D eigenvalue weighted by molar-refractivity contribution is -0.385. The maximum atomic E-state index is 11.8.